The molecule has 6 nitrogen and oxygen atoms in total. The Morgan fingerprint density at radius 2 is 2.40 bits per heavy atom. The fourth-order valence-electron chi connectivity index (χ4n) is 1.09. The summed E-state index contributed by atoms with van der Waals surface area (Å²) in [6.45, 7) is 3.82. The second-order valence-corrected chi connectivity index (χ2v) is 3.50. The van der Waals surface area contributed by atoms with Crippen LogP contribution in [0.1, 0.15) is 29.5 Å². The van der Waals surface area contributed by atoms with E-state index in [0.717, 1.165) is 0 Å². The molecule has 1 rings (SSSR count). The SMILES string of the molecule is Cc1[nH]nc(C(=O)NCCC(C)O)c1N. The van der Waals surface area contributed by atoms with Crippen molar-refractivity contribution >= 4 is 11.6 Å². The smallest absolute Gasteiger partial charge is 0.273 e. The van der Waals surface area contributed by atoms with Crippen LogP contribution >= 0.6 is 0 Å². The van der Waals surface area contributed by atoms with Crippen molar-refractivity contribution < 1.29 is 9.90 Å². The van der Waals surface area contributed by atoms with Gasteiger partial charge in [0.15, 0.2) is 5.69 Å². The van der Waals surface area contributed by atoms with Gasteiger partial charge in [-0.3, -0.25) is 9.89 Å². The van der Waals surface area contributed by atoms with Gasteiger partial charge in [0, 0.05) is 6.54 Å². The molecule has 84 valence electrons. The fourth-order valence-corrected chi connectivity index (χ4v) is 1.09. The molecule has 0 aliphatic heterocycles. The summed E-state index contributed by atoms with van der Waals surface area (Å²) in [5, 5.41) is 18.0. The Hall–Kier alpha value is -1.56. The van der Waals surface area contributed by atoms with E-state index in [0.29, 0.717) is 24.3 Å². The van der Waals surface area contributed by atoms with E-state index in [2.05, 4.69) is 15.5 Å². The van der Waals surface area contributed by atoms with Crippen molar-refractivity contribution in [1.29, 1.82) is 0 Å². The lowest BCUT2D eigenvalue weighted by atomic mass is 10.2. The molecule has 0 spiro atoms. The maximum atomic E-state index is 11.5. The highest BCUT2D eigenvalue weighted by Gasteiger charge is 2.14. The summed E-state index contributed by atoms with van der Waals surface area (Å²) in [6.07, 6.45) is 0.0817. The molecule has 0 fully saturated rings. The van der Waals surface area contributed by atoms with Gasteiger partial charge in [-0.2, -0.15) is 5.10 Å². The maximum absolute atomic E-state index is 11.5. The summed E-state index contributed by atoms with van der Waals surface area (Å²) in [6, 6.07) is 0. The first-order chi connectivity index (χ1) is 7.02. The van der Waals surface area contributed by atoms with Crippen molar-refractivity contribution in [3.63, 3.8) is 0 Å². The molecule has 0 radical (unpaired) electrons. The predicted octanol–water partition coefficient (Wildman–Crippen LogP) is -0.199. The topological polar surface area (TPSA) is 104 Å². The highest BCUT2D eigenvalue weighted by atomic mass is 16.3. The van der Waals surface area contributed by atoms with Crippen molar-refractivity contribution in [1.82, 2.24) is 15.5 Å². The molecule has 0 bridgehead atoms. The summed E-state index contributed by atoms with van der Waals surface area (Å²) >= 11 is 0. The van der Waals surface area contributed by atoms with E-state index in [-0.39, 0.29) is 11.6 Å². The number of aliphatic hydroxyl groups excluding tert-OH is 1. The summed E-state index contributed by atoms with van der Waals surface area (Å²) in [5.74, 6) is -0.322. The first-order valence-corrected chi connectivity index (χ1v) is 4.79. The minimum Gasteiger partial charge on any atom is -0.395 e. The molecule has 0 aliphatic carbocycles. The molecule has 1 aromatic rings. The number of hydrogen-bond acceptors (Lipinski definition) is 4. The number of aliphatic hydroxyl groups is 1. The third-order valence-electron chi connectivity index (χ3n) is 2.06. The zero-order valence-electron chi connectivity index (χ0n) is 8.87. The van der Waals surface area contributed by atoms with E-state index >= 15 is 0 Å². The van der Waals surface area contributed by atoms with Gasteiger partial charge in [-0.25, -0.2) is 0 Å². The average molecular weight is 212 g/mol. The van der Waals surface area contributed by atoms with Crippen LogP contribution in [0.3, 0.4) is 0 Å². The Bertz CT molecular complexity index is 346. The monoisotopic (exact) mass is 212 g/mol. The molecule has 0 aromatic carbocycles. The molecule has 1 aromatic heterocycles. The number of nitrogens with one attached hydrogen (secondary N) is 2. The largest absolute Gasteiger partial charge is 0.395 e. The normalized spacial score (nSPS) is 12.5. The Kier molecular flexibility index (Phi) is 3.68. The first-order valence-electron chi connectivity index (χ1n) is 4.79. The van der Waals surface area contributed by atoms with Crippen molar-refractivity contribution in [2.75, 3.05) is 12.3 Å². The number of carbonyl (C=O) groups excluding carboxylic acids is 1. The summed E-state index contributed by atoms with van der Waals surface area (Å²) in [4.78, 5) is 11.5. The summed E-state index contributed by atoms with van der Waals surface area (Å²) < 4.78 is 0. The highest BCUT2D eigenvalue weighted by molar-refractivity contribution is 5.97. The van der Waals surface area contributed by atoms with E-state index in [4.69, 9.17) is 10.8 Å². The molecule has 1 amide bonds. The van der Waals surface area contributed by atoms with Gasteiger partial charge in [0.2, 0.25) is 0 Å². The lowest BCUT2D eigenvalue weighted by molar-refractivity contribution is 0.0941. The van der Waals surface area contributed by atoms with Crippen LogP contribution < -0.4 is 11.1 Å². The summed E-state index contributed by atoms with van der Waals surface area (Å²) in [5.41, 5.74) is 6.88. The molecule has 15 heavy (non-hydrogen) atoms. The number of aromatic amines is 1. The fraction of sp³-hybridized carbons (Fsp3) is 0.556. The zero-order valence-corrected chi connectivity index (χ0v) is 8.87. The zero-order chi connectivity index (χ0) is 11.4. The van der Waals surface area contributed by atoms with Crippen LogP contribution in [-0.2, 0) is 0 Å². The molecule has 1 atom stereocenters. The number of aryl methyl sites for hydroxylation is 1. The molecule has 0 saturated heterocycles. The molecular formula is C9H16N4O2. The van der Waals surface area contributed by atoms with E-state index < -0.39 is 6.10 Å². The molecule has 6 heteroatoms. The van der Waals surface area contributed by atoms with Gasteiger partial charge in [0.1, 0.15) is 0 Å². The summed E-state index contributed by atoms with van der Waals surface area (Å²) in [7, 11) is 0. The number of H-pyrrole nitrogens is 1. The minimum atomic E-state index is -0.427. The van der Waals surface area contributed by atoms with E-state index in [1.165, 1.54) is 0 Å². The lowest BCUT2D eigenvalue weighted by Crippen LogP contribution is -2.27. The first kappa shape index (κ1) is 11.5. The number of nitrogen functional groups attached to an aromatic ring is 1. The third kappa shape index (κ3) is 2.95. The quantitative estimate of drug-likeness (QED) is 0.554. The van der Waals surface area contributed by atoms with Crippen LogP contribution in [0.25, 0.3) is 0 Å². The van der Waals surface area contributed by atoms with E-state index in [1.807, 2.05) is 0 Å². The number of rotatable bonds is 4. The molecule has 1 heterocycles. The average Bonchev–Trinajstić information content (AvgIpc) is 2.47. The molecule has 0 aliphatic rings. The maximum Gasteiger partial charge on any atom is 0.273 e. The van der Waals surface area contributed by atoms with E-state index in [1.54, 1.807) is 13.8 Å². The number of aromatic nitrogens is 2. The number of carbonyl (C=O) groups is 1. The minimum absolute atomic E-state index is 0.207. The van der Waals surface area contributed by atoms with Gasteiger partial charge >= 0.3 is 0 Å². The number of nitrogens with zero attached hydrogens (tertiary/aromatic N) is 1. The molecule has 5 N–H and O–H groups in total. The van der Waals surface area contributed by atoms with Crippen LogP contribution in [0.5, 0.6) is 0 Å². The number of anilines is 1. The Balaban J connectivity index is 2.51. The van der Waals surface area contributed by atoms with Gasteiger partial charge in [0.25, 0.3) is 5.91 Å². The molecule has 0 saturated carbocycles. The Labute approximate surface area is 87.9 Å². The standard InChI is InChI=1S/C9H16N4O2/c1-5(14)3-4-11-9(15)8-7(10)6(2)12-13-8/h5,14H,3-4,10H2,1-2H3,(H,11,15)(H,12,13). The second kappa shape index (κ2) is 4.79. The van der Waals surface area contributed by atoms with Gasteiger partial charge in [-0.1, -0.05) is 0 Å². The molecule has 1 unspecified atom stereocenters. The predicted molar refractivity (Wildman–Crippen MR) is 56.4 cm³/mol. The van der Waals surface area contributed by atoms with Crippen LogP contribution in [0.2, 0.25) is 0 Å². The molecular weight excluding hydrogens is 196 g/mol. The lowest BCUT2D eigenvalue weighted by Gasteiger charge is -2.05. The van der Waals surface area contributed by atoms with E-state index in [9.17, 15) is 4.79 Å². The van der Waals surface area contributed by atoms with Crippen molar-refractivity contribution in [3.8, 4) is 0 Å². The van der Waals surface area contributed by atoms with Gasteiger partial charge < -0.3 is 16.2 Å². The van der Waals surface area contributed by atoms with Crippen molar-refractivity contribution in [2.24, 2.45) is 0 Å². The van der Waals surface area contributed by atoms with Crippen molar-refractivity contribution in [2.45, 2.75) is 26.4 Å². The van der Waals surface area contributed by atoms with Gasteiger partial charge in [-0.15, -0.1) is 0 Å². The number of nitrogens with two attached hydrogens (primary N) is 1. The Morgan fingerprint density at radius 3 is 2.87 bits per heavy atom. The van der Waals surface area contributed by atoms with Gasteiger partial charge in [-0.05, 0) is 20.3 Å². The third-order valence-corrected chi connectivity index (χ3v) is 2.06. The number of hydrogen-bond donors (Lipinski definition) is 4. The van der Waals surface area contributed by atoms with Crippen LogP contribution in [-0.4, -0.2) is 33.9 Å². The Morgan fingerprint density at radius 1 is 1.73 bits per heavy atom. The second-order valence-electron chi connectivity index (χ2n) is 3.50. The van der Waals surface area contributed by atoms with Crippen LogP contribution in [0, 0.1) is 6.92 Å². The van der Waals surface area contributed by atoms with Crippen molar-refractivity contribution in [3.05, 3.63) is 11.4 Å². The number of amides is 1. The van der Waals surface area contributed by atoms with Crippen LogP contribution in [0.15, 0.2) is 0 Å². The highest BCUT2D eigenvalue weighted by Crippen LogP contribution is 2.11. The van der Waals surface area contributed by atoms with Gasteiger partial charge in [0.05, 0.1) is 17.5 Å². The van der Waals surface area contributed by atoms with Crippen LogP contribution in [0.4, 0.5) is 5.69 Å².